The lowest BCUT2D eigenvalue weighted by atomic mass is 9.88. The van der Waals surface area contributed by atoms with Crippen LogP contribution in [0.1, 0.15) is 19.3 Å². The second-order valence-electron chi connectivity index (χ2n) is 2.84. The summed E-state index contributed by atoms with van der Waals surface area (Å²) in [5, 5.41) is 0. The Morgan fingerprint density at radius 2 is 1.90 bits per heavy atom. The SMILES string of the molecule is NC1CCCC(F)(F)[C@H]1N. The molecule has 1 rings (SSSR count). The topological polar surface area (TPSA) is 52.0 Å². The third kappa shape index (κ3) is 1.27. The van der Waals surface area contributed by atoms with Crippen LogP contribution in [0, 0.1) is 0 Å². The van der Waals surface area contributed by atoms with Crippen LogP contribution in [-0.2, 0) is 0 Å². The Hall–Kier alpha value is -0.220. The molecule has 0 aliphatic heterocycles. The van der Waals surface area contributed by atoms with Crippen molar-refractivity contribution in [2.24, 2.45) is 11.5 Å². The molecular weight excluding hydrogens is 138 g/mol. The Morgan fingerprint density at radius 1 is 1.30 bits per heavy atom. The highest BCUT2D eigenvalue weighted by Gasteiger charge is 2.43. The van der Waals surface area contributed by atoms with Gasteiger partial charge in [0.2, 0.25) is 0 Å². The average Bonchev–Trinajstić information content (AvgIpc) is 1.83. The summed E-state index contributed by atoms with van der Waals surface area (Å²) < 4.78 is 25.3. The smallest absolute Gasteiger partial charge is 0.264 e. The van der Waals surface area contributed by atoms with Gasteiger partial charge in [-0.1, -0.05) is 0 Å². The molecule has 2 nitrogen and oxygen atoms in total. The molecule has 60 valence electrons. The number of nitrogens with two attached hydrogens (primary N) is 2. The molecule has 1 unspecified atom stereocenters. The molecule has 0 radical (unpaired) electrons. The predicted molar refractivity (Wildman–Crippen MR) is 34.7 cm³/mol. The van der Waals surface area contributed by atoms with Crippen molar-refractivity contribution in [1.82, 2.24) is 0 Å². The fourth-order valence-electron chi connectivity index (χ4n) is 1.23. The monoisotopic (exact) mass is 150 g/mol. The molecule has 0 bridgehead atoms. The minimum absolute atomic E-state index is 0.109. The van der Waals surface area contributed by atoms with Crippen LogP contribution in [0.2, 0.25) is 0 Å². The minimum Gasteiger partial charge on any atom is -0.326 e. The van der Waals surface area contributed by atoms with E-state index in [9.17, 15) is 8.78 Å². The van der Waals surface area contributed by atoms with E-state index in [1.54, 1.807) is 0 Å². The van der Waals surface area contributed by atoms with Crippen LogP contribution in [0.5, 0.6) is 0 Å². The molecule has 1 saturated carbocycles. The fraction of sp³-hybridized carbons (Fsp3) is 1.00. The molecule has 0 aromatic carbocycles. The predicted octanol–water partition coefficient (Wildman–Crippen LogP) is 0.460. The van der Waals surface area contributed by atoms with Crippen molar-refractivity contribution in [2.45, 2.75) is 37.3 Å². The molecule has 0 spiro atoms. The molecule has 0 aromatic heterocycles. The molecule has 1 fully saturated rings. The highest BCUT2D eigenvalue weighted by atomic mass is 19.3. The van der Waals surface area contributed by atoms with Gasteiger partial charge in [-0.05, 0) is 12.8 Å². The van der Waals surface area contributed by atoms with Crippen molar-refractivity contribution in [3.63, 3.8) is 0 Å². The van der Waals surface area contributed by atoms with Gasteiger partial charge < -0.3 is 11.5 Å². The van der Waals surface area contributed by atoms with E-state index in [0.29, 0.717) is 12.8 Å². The van der Waals surface area contributed by atoms with E-state index in [0.717, 1.165) is 0 Å². The maximum absolute atomic E-state index is 12.6. The average molecular weight is 150 g/mol. The summed E-state index contributed by atoms with van der Waals surface area (Å²) in [6.07, 6.45) is 1.00. The van der Waals surface area contributed by atoms with Gasteiger partial charge >= 0.3 is 0 Å². The summed E-state index contributed by atoms with van der Waals surface area (Å²) in [6, 6.07) is -1.66. The van der Waals surface area contributed by atoms with Crippen LogP contribution in [0.25, 0.3) is 0 Å². The Labute approximate surface area is 58.6 Å². The third-order valence-corrected chi connectivity index (χ3v) is 2.00. The first-order valence-electron chi connectivity index (χ1n) is 3.43. The van der Waals surface area contributed by atoms with Gasteiger partial charge in [-0.25, -0.2) is 8.78 Å². The van der Waals surface area contributed by atoms with Crippen LogP contribution in [0.3, 0.4) is 0 Å². The second-order valence-corrected chi connectivity index (χ2v) is 2.84. The van der Waals surface area contributed by atoms with Crippen LogP contribution in [0.15, 0.2) is 0 Å². The third-order valence-electron chi connectivity index (χ3n) is 2.00. The van der Waals surface area contributed by atoms with Crippen molar-refractivity contribution >= 4 is 0 Å². The van der Waals surface area contributed by atoms with Crippen molar-refractivity contribution in [1.29, 1.82) is 0 Å². The Bertz CT molecular complexity index is 127. The summed E-state index contributed by atoms with van der Waals surface area (Å²) in [7, 11) is 0. The number of halogens is 2. The van der Waals surface area contributed by atoms with Gasteiger partial charge in [0.25, 0.3) is 5.92 Å². The van der Waals surface area contributed by atoms with Crippen molar-refractivity contribution in [3.05, 3.63) is 0 Å². The summed E-state index contributed by atoms with van der Waals surface area (Å²) in [5.74, 6) is -2.74. The molecular formula is C6H12F2N2. The van der Waals surface area contributed by atoms with Gasteiger partial charge in [0.1, 0.15) is 0 Å². The zero-order valence-electron chi connectivity index (χ0n) is 5.69. The molecule has 1 aliphatic carbocycles. The van der Waals surface area contributed by atoms with E-state index in [-0.39, 0.29) is 6.42 Å². The number of rotatable bonds is 0. The second kappa shape index (κ2) is 2.43. The zero-order chi connectivity index (χ0) is 7.78. The quantitative estimate of drug-likeness (QED) is 0.527. The van der Waals surface area contributed by atoms with Crippen LogP contribution in [-0.4, -0.2) is 18.0 Å². The van der Waals surface area contributed by atoms with Gasteiger partial charge in [-0.3, -0.25) is 0 Å². The number of hydrogen-bond donors (Lipinski definition) is 2. The molecule has 2 atom stereocenters. The standard InChI is InChI=1S/C6H12F2N2/c7-6(8)3-1-2-4(9)5(6)10/h4-5H,1-3,9-10H2/t4?,5-/m0/s1. The first-order chi connectivity index (χ1) is 4.54. The molecule has 0 amide bonds. The molecule has 4 heteroatoms. The van der Waals surface area contributed by atoms with E-state index >= 15 is 0 Å². The van der Waals surface area contributed by atoms with E-state index in [1.165, 1.54) is 0 Å². The number of hydrogen-bond acceptors (Lipinski definition) is 2. The van der Waals surface area contributed by atoms with E-state index in [2.05, 4.69) is 0 Å². The summed E-state index contributed by atoms with van der Waals surface area (Å²) in [4.78, 5) is 0. The maximum Gasteiger partial charge on any atom is 0.264 e. The van der Waals surface area contributed by atoms with Gasteiger partial charge in [0.15, 0.2) is 0 Å². The molecule has 4 N–H and O–H groups in total. The van der Waals surface area contributed by atoms with Crippen molar-refractivity contribution in [2.75, 3.05) is 0 Å². The maximum atomic E-state index is 12.6. The fourth-order valence-corrected chi connectivity index (χ4v) is 1.23. The number of alkyl halides is 2. The summed E-state index contributed by atoms with van der Waals surface area (Å²) >= 11 is 0. The molecule has 0 saturated heterocycles. The van der Waals surface area contributed by atoms with Crippen molar-refractivity contribution in [3.8, 4) is 0 Å². The Morgan fingerprint density at radius 3 is 2.30 bits per heavy atom. The lowest BCUT2D eigenvalue weighted by Gasteiger charge is -2.32. The van der Waals surface area contributed by atoms with Gasteiger partial charge in [0, 0.05) is 12.5 Å². The molecule has 10 heavy (non-hydrogen) atoms. The Kier molecular flexibility index (Phi) is 1.92. The van der Waals surface area contributed by atoms with Crippen LogP contribution < -0.4 is 11.5 Å². The van der Waals surface area contributed by atoms with Crippen LogP contribution >= 0.6 is 0 Å². The first kappa shape index (κ1) is 7.88. The zero-order valence-corrected chi connectivity index (χ0v) is 5.69. The summed E-state index contributed by atoms with van der Waals surface area (Å²) in [5.41, 5.74) is 10.5. The van der Waals surface area contributed by atoms with Gasteiger partial charge in [-0.2, -0.15) is 0 Å². The largest absolute Gasteiger partial charge is 0.326 e. The normalized spacial score (nSPS) is 39.6. The van der Waals surface area contributed by atoms with E-state index in [1.807, 2.05) is 0 Å². The highest BCUT2D eigenvalue weighted by Crippen LogP contribution is 2.31. The van der Waals surface area contributed by atoms with E-state index in [4.69, 9.17) is 11.5 Å². The molecule has 0 aromatic rings. The summed E-state index contributed by atoms with van der Waals surface area (Å²) in [6.45, 7) is 0. The van der Waals surface area contributed by atoms with Gasteiger partial charge in [0.05, 0.1) is 6.04 Å². The Balaban J connectivity index is 2.60. The van der Waals surface area contributed by atoms with Gasteiger partial charge in [-0.15, -0.1) is 0 Å². The van der Waals surface area contributed by atoms with Crippen molar-refractivity contribution < 1.29 is 8.78 Å². The highest BCUT2D eigenvalue weighted by molar-refractivity contribution is 4.92. The molecule has 0 heterocycles. The minimum atomic E-state index is -2.74. The van der Waals surface area contributed by atoms with E-state index < -0.39 is 18.0 Å². The van der Waals surface area contributed by atoms with Crippen LogP contribution in [0.4, 0.5) is 8.78 Å². The lowest BCUT2D eigenvalue weighted by molar-refractivity contribution is -0.0578. The lowest BCUT2D eigenvalue weighted by Crippen LogP contribution is -2.55. The molecule has 1 aliphatic rings. The first-order valence-corrected chi connectivity index (χ1v) is 3.43.